The fraction of sp³-hybridized carbons (Fsp3) is 0.458. The van der Waals surface area contributed by atoms with E-state index in [-0.39, 0.29) is 11.8 Å². The highest BCUT2D eigenvalue weighted by Crippen LogP contribution is 2.25. The minimum atomic E-state index is -0.276. The first-order chi connectivity index (χ1) is 13.8. The van der Waals surface area contributed by atoms with Crippen LogP contribution in [0.4, 0.5) is 0 Å². The lowest BCUT2D eigenvalue weighted by atomic mass is 9.90. The standard InChI is InChI=1S/C24H31N3O/c28-24(23(20-10-4-1-5-11-20)21-12-6-2-7-13-21)25-27-18-14-22(15-19-27)26-16-8-3-9-17-26/h1-2,4-7,10-13,22-23H,3,8-9,14-19H2,(H,25,28). The summed E-state index contributed by atoms with van der Waals surface area (Å²) in [7, 11) is 0. The van der Waals surface area contributed by atoms with E-state index in [1.54, 1.807) is 0 Å². The van der Waals surface area contributed by atoms with Gasteiger partial charge in [0.25, 0.3) is 0 Å². The smallest absolute Gasteiger partial charge is 0.246 e. The summed E-state index contributed by atoms with van der Waals surface area (Å²) in [5, 5.41) is 2.13. The van der Waals surface area contributed by atoms with Crippen LogP contribution in [-0.2, 0) is 4.79 Å². The van der Waals surface area contributed by atoms with Crippen LogP contribution in [0.2, 0.25) is 0 Å². The van der Waals surface area contributed by atoms with Crippen LogP contribution in [0.3, 0.4) is 0 Å². The van der Waals surface area contributed by atoms with Gasteiger partial charge in [0.1, 0.15) is 0 Å². The second-order valence-corrected chi connectivity index (χ2v) is 8.05. The molecule has 2 aromatic carbocycles. The number of benzene rings is 2. The summed E-state index contributed by atoms with van der Waals surface area (Å²) in [6.07, 6.45) is 6.34. The number of hydrogen-bond acceptors (Lipinski definition) is 3. The molecule has 0 saturated carbocycles. The normalized spacial score (nSPS) is 19.6. The van der Waals surface area contributed by atoms with Crippen molar-refractivity contribution in [3.05, 3.63) is 71.8 Å². The number of hydrogen-bond donors (Lipinski definition) is 1. The number of piperidine rings is 2. The lowest BCUT2D eigenvalue weighted by molar-refractivity contribution is -0.127. The molecule has 2 aliphatic heterocycles. The number of nitrogens with zero attached hydrogens (tertiary/aromatic N) is 2. The van der Waals surface area contributed by atoms with Crippen LogP contribution in [0, 0.1) is 0 Å². The Kier molecular flexibility index (Phi) is 6.40. The van der Waals surface area contributed by atoms with Gasteiger partial charge in [0, 0.05) is 19.1 Å². The number of likely N-dealkylation sites (tertiary alicyclic amines) is 1. The molecule has 2 aliphatic rings. The molecule has 0 spiro atoms. The molecule has 0 atom stereocenters. The van der Waals surface area contributed by atoms with E-state index in [9.17, 15) is 4.79 Å². The summed E-state index contributed by atoms with van der Waals surface area (Å²) in [6.45, 7) is 4.37. The molecule has 4 heteroatoms. The molecular formula is C24H31N3O. The number of carbonyl (C=O) groups is 1. The first-order valence-corrected chi connectivity index (χ1v) is 10.7. The van der Waals surface area contributed by atoms with Crippen molar-refractivity contribution < 1.29 is 4.79 Å². The Bertz CT molecular complexity index is 695. The molecule has 28 heavy (non-hydrogen) atoms. The van der Waals surface area contributed by atoms with Crippen LogP contribution in [0.1, 0.15) is 49.1 Å². The van der Waals surface area contributed by atoms with Gasteiger partial charge in [-0.3, -0.25) is 10.2 Å². The highest BCUT2D eigenvalue weighted by molar-refractivity contribution is 5.86. The van der Waals surface area contributed by atoms with Crippen molar-refractivity contribution in [1.82, 2.24) is 15.3 Å². The molecule has 1 N–H and O–H groups in total. The third kappa shape index (κ3) is 4.62. The van der Waals surface area contributed by atoms with Gasteiger partial charge in [-0.15, -0.1) is 0 Å². The van der Waals surface area contributed by atoms with E-state index in [1.807, 2.05) is 60.7 Å². The van der Waals surface area contributed by atoms with Gasteiger partial charge in [0.15, 0.2) is 0 Å². The summed E-state index contributed by atoms with van der Waals surface area (Å²) in [5.41, 5.74) is 5.29. The van der Waals surface area contributed by atoms with Crippen molar-refractivity contribution in [3.8, 4) is 0 Å². The second-order valence-electron chi connectivity index (χ2n) is 8.05. The highest BCUT2D eigenvalue weighted by atomic mass is 16.2. The third-order valence-corrected chi connectivity index (χ3v) is 6.17. The molecule has 1 amide bonds. The van der Waals surface area contributed by atoms with Gasteiger partial charge in [-0.05, 0) is 49.9 Å². The van der Waals surface area contributed by atoms with E-state index in [0.29, 0.717) is 6.04 Å². The highest BCUT2D eigenvalue weighted by Gasteiger charge is 2.28. The van der Waals surface area contributed by atoms with E-state index in [0.717, 1.165) is 37.1 Å². The topological polar surface area (TPSA) is 35.6 Å². The van der Waals surface area contributed by atoms with Crippen LogP contribution in [0.5, 0.6) is 0 Å². The molecule has 148 valence electrons. The summed E-state index contributed by atoms with van der Waals surface area (Å²) < 4.78 is 0. The summed E-state index contributed by atoms with van der Waals surface area (Å²) in [6, 6.07) is 20.9. The second kappa shape index (κ2) is 9.35. The van der Waals surface area contributed by atoms with Crippen molar-refractivity contribution in [2.75, 3.05) is 26.2 Å². The van der Waals surface area contributed by atoms with Gasteiger partial charge in [-0.2, -0.15) is 0 Å². The number of nitrogens with one attached hydrogen (secondary N) is 1. The maximum atomic E-state index is 13.2. The number of carbonyl (C=O) groups excluding carboxylic acids is 1. The lowest BCUT2D eigenvalue weighted by Gasteiger charge is -2.40. The van der Waals surface area contributed by atoms with Gasteiger partial charge in [-0.25, -0.2) is 5.01 Å². The van der Waals surface area contributed by atoms with Crippen molar-refractivity contribution in [2.24, 2.45) is 0 Å². The minimum Gasteiger partial charge on any atom is -0.300 e. The van der Waals surface area contributed by atoms with E-state index >= 15 is 0 Å². The van der Waals surface area contributed by atoms with Gasteiger partial charge < -0.3 is 4.90 Å². The number of amides is 1. The summed E-state index contributed by atoms with van der Waals surface area (Å²) >= 11 is 0. The number of rotatable bonds is 5. The molecule has 2 heterocycles. The zero-order chi connectivity index (χ0) is 19.2. The van der Waals surface area contributed by atoms with Gasteiger partial charge in [0.2, 0.25) is 5.91 Å². The lowest BCUT2D eigenvalue weighted by Crippen LogP contribution is -2.52. The Morgan fingerprint density at radius 3 is 1.86 bits per heavy atom. The molecule has 2 fully saturated rings. The molecule has 0 bridgehead atoms. The van der Waals surface area contributed by atoms with Gasteiger partial charge in [0.05, 0.1) is 5.92 Å². The molecule has 4 nitrogen and oxygen atoms in total. The Balaban J connectivity index is 1.40. The fourth-order valence-electron chi connectivity index (χ4n) is 4.63. The Morgan fingerprint density at radius 1 is 0.786 bits per heavy atom. The van der Waals surface area contributed by atoms with Crippen LogP contribution in [0.15, 0.2) is 60.7 Å². The van der Waals surface area contributed by atoms with Crippen LogP contribution in [0.25, 0.3) is 0 Å². The van der Waals surface area contributed by atoms with Crippen molar-refractivity contribution in [1.29, 1.82) is 0 Å². The van der Waals surface area contributed by atoms with E-state index in [2.05, 4.69) is 15.3 Å². The van der Waals surface area contributed by atoms with E-state index in [1.165, 1.54) is 32.4 Å². The van der Waals surface area contributed by atoms with Gasteiger partial charge in [-0.1, -0.05) is 67.1 Å². The fourth-order valence-corrected chi connectivity index (χ4v) is 4.63. The van der Waals surface area contributed by atoms with E-state index < -0.39 is 0 Å². The monoisotopic (exact) mass is 377 g/mol. The molecule has 4 rings (SSSR count). The van der Waals surface area contributed by atoms with Crippen LogP contribution < -0.4 is 5.43 Å². The largest absolute Gasteiger partial charge is 0.300 e. The molecule has 2 aromatic rings. The zero-order valence-electron chi connectivity index (χ0n) is 16.6. The third-order valence-electron chi connectivity index (χ3n) is 6.17. The number of hydrazine groups is 1. The van der Waals surface area contributed by atoms with Crippen molar-refractivity contribution in [3.63, 3.8) is 0 Å². The maximum Gasteiger partial charge on any atom is 0.246 e. The van der Waals surface area contributed by atoms with Crippen molar-refractivity contribution in [2.45, 2.75) is 44.1 Å². The average molecular weight is 378 g/mol. The first-order valence-electron chi connectivity index (χ1n) is 10.7. The Hall–Kier alpha value is -2.17. The zero-order valence-corrected chi connectivity index (χ0v) is 16.6. The first kappa shape index (κ1) is 19.2. The predicted octanol–water partition coefficient (Wildman–Crippen LogP) is 3.80. The molecule has 0 radical (unpaired) electrons. The average Bonchev–Trinajstić information content (AvgIpc) is 2.77. The molecule has 0 unspecified atom stereocenters. The molecule has 0 aromatic heterocycles. The van der Waals surface area contributed by atoms with E-state index in [4.69, 9.17) is 0 Å². The molecule has 2 saturated heterocycles. The van der Waals surface area contributed by atoms with Crippen molar-refractivity contribution >= 4 is 5.91 Å². The molecule has 0 aliphatic carbocycles. The maximum absolute atomic E-state index is 13.2. The Morgan fingerprint density at radius 2 is 1.32 bits per heavy atom. The van der Waals surface area contributed by atoms with Gasteiger partial charge >= 0.3 is 0 Å². The van der Waals surface area contributed by atoms with Crippen LogP contribution in [-0.4, -0.2) is 48.0 Å². The minimum absolute atomic E-state index is 0.0637. The van der Waals surface area contributed by atoms with Crippen LogP contribution >= 0.6 is 0 Å². The SMILES string of the molecule is O=C(NN1CCC(N2CCCCC2)CC1)C(c1ccccc1)c1ccccc1. The predicted molar refractivity (Wildman–Crippen MR) is 113 cm³/mol. The summed E-state index contributed by atoms with van der Waals surface area (Å²) in [5.74, 6) is -0.212. The summed E-state index contributed by atoms with van der Waals surface area (Å²) in [4.78, 5) is 15.9. The molecular weight excluding hydrogens is 346 g/mol. The quantitative estimate of drug-likeness (QED) is 0.861. The Labute approximate surface area is 168 Å².